The van der Waals surface area contributed by atoms with Crippen molar-refractivity contribution in [3.8, 4) is 5.75 Å². The second-order valence-corrected chi connectivity index (χ2v) is 5.05. The minimum absolute atomic E-state index is 0.134. The van der Waals surface area contributed by atoms with Crippen molar-refractivity contribution < 1.29 is 22.7 Å². The van der Waals surface area contributed by atoms with Crippen LogP contribution >= 0.6 is 0 Å². The highest BCUT2D eigenvalue weighted by molar-refractivity contribution is 5.85. The Morgan fingerprint density at radius 2 is 1.84 bits per heavy atom. The van der Waals surface area contributed by atoms with Gasteiger partial charge in [0.15, 0.2) is 0 Å². The molecule has 2 aromatic carbocycles. The van der Waals surface area contributed by atoms with Crippen molar-refractivity contribution in [2.45, 2.75) is 12.9 Å². The first-order chi connectivity index (χ1) is 11.9. The zero-order valence-electron chi connectivity index (χ0n) is 12.7. The minimum Gasteiger partial charge on any atom is -0.405 e. The summed E-state index contributed by atoms with van der Waals surface area (Å²) in [5.74, 6) is -0.358. The Kier molecular flexibility index (Phi) is 4.46. The second kappa shape index (κ2) is 6.71. The van der Waals surface area contributed by atoms with Gasteiger partial charge in [-0.25, -0.2) is 19.9 Å². The van der Waals surface area contributed by atoms with Crippen LogP contribution in [0.15, 0.2) is 54.9 Å². The van der Waals surface area contributed by atoms with Gasteiger partial charge in [0.05, 0.1) is 11.0 Å². The molecular weight excluding hydrogens is 337 g/mol. The Balaban J connectivity index is 1.65. The minimum atomic E-state index is -4.80. The van der Waals surface area contributed by atoms with E-state index in [1.807, 2.05) is 6.07 Å². The maximum absolute atomic E-state index is 12.4. The van der Waals surface area contributed by atoms with Gasteiger partial charge in [-0.1, -0.05) is 30.3 Å². The zero-order chi connectivity index (χ0) is 17.9. The van der Waals surface area contributed by atoms with E-state index in [0.717, 1.165) is 0 Å². The van der Waals surface area contributed by atoms with Crippen LogP contribution in [0, 0.1) is 0 Å². The number of imidazole rings is 1. The van der Waals surface area contributed by atoms with Crippen LogP contribution in [0.25, 0.3) is 11.0 Å². The van der Waals surface area contributed by atoms with Gasteiger partial charge in [-0.2, -0.15) is 0 Å². The maximum Gasteiger partial charge on any atom is 0.573 e. The van der Waals surface area contributed by atoms with Crippen molar-refractivity contribution >= 4 is 17.1 Å². The lowest BCUT2D eigenvalue weighted by molar-refractivity contribution is -0.274. The number of para-hydroxylation sites is 3. The summed E-state index contributed by atoms with van der Waals surface area (Å²) in [6.07, 6.45) is -3.36. The van der Waals surface area contributed by atoms with Crippen molar-refractivity contribution in [1.29, 1.82) is 0 Å². The fraction of sp³-hybridized carbons (Fsp3) is 0.125. The number of nitrogens with zero attached hydrogens (tertiary/aromatic N) is 2. The number of halogens is 3. The highest BCUT2D eigenvalue weighted by atomic mass is 19.4. The van der Waals surface area contributed by atoms with Crippen LogP contribution in [-0.4, -0.2) is 22.1 Å². The number of hydrogen-bond donors (Lipinski definition) is 2. The molecule has 3 rings (SSSR count). The van der Waals surface area contributed by atoms with E-state index in [1.165, 1.54) is 29.2 Å². The Labute approximate surface area is 140 Å². The molecule has 9 heteroatoms. The molecule has 6 nitrogen and oxygen atoms in total. The first kappa shape index (κ1) is 16.6. The third-order valence-corrected chi connectivity index (χ3v) is 3.31. The molecular formula is C16H13F3N4O2. The number of carbonyl (C=O) groups is 1. The summed E-state index contributed by atoms with van der Waals surface area (Å²) < 4.78 is 42.5. The number of nitrogens with one attached hydrogen (secondary N) is 2. The average Bonchev–Trinajstić information content (AvgIpc) is 2.96. The fourth-order valence-electron chi connectivity index (χ4n) is 2.25. The Hall–Kier alpha value is -3.23. The van der Waals surface area contributed by atoms with Crippen molar-refractivity contribution in [1.82, 2.24) is 15.0 Å². The van der Waals surface area contributed by atoms with Crippen LogP contribution in [0.4, 0.5) is 18.0 Å². The van der Waals surface area contributed by atoms with E-state index in [0.29, 0.717) is 11.0 Å². The molecule has 1 heterocycles. The number of carbonyl (C=O) groups excluding carboxylic acids is 1. The fourth-order valence-corrected chi connectivity index (χ4v) is 2.25. The van der Waals surface area contributed by atoms with E-state index in [1.54, 1.807) is 24.3 Å². The number of hydrogen-bond acceptors (Lipinski definition) is 3. The van der Waals surface area contributed by atoms with Gasteiger partial charge in [0, 0.05) is 12.1 Å². The van der Waals surface area contributed by atoms with Crippen molar-refractivity contribution in [3.05, 3.63) is 60.4 Å². The lowest BCUT2D eigenvalue weighted by Gasteiger charge is -2.14. The lowest BCUT2D eigenvalue weighted by atomic mass is 10.2. The van der Waals surface area contributed by atoms with Crippen LogP contribution in [0.5, 0.6) is 5.75 Å². The monoisotopic (exact) mass is 350 g/mol. The molecule has 0 saturated carbocycles. The number of fused-ring (bicyclic) bond motifs is 1. The smallest absolute Gasteiger partial charge is 0.405 e. The lowest BCUT2D eigenvalue weighted by Crippen LogP contribution is -2.33. The number of ether oxygens (including phenoxy) is 1. The summed E-state index contributed by atoms with van der Waals surface area (Å²) in [4.78, 5) is 16.1. The molecule has 0 fully saturated rings. The molecule has 25 heavy (non-hydrogen) atoms. The maximum atomic E-state index is 12.4. The number of aromatic nitrogens is 2. The Morgan fingerprint density at radius 1 is 1.12 bits per heavy atom. The molecule has 0 saturated heterocycles. The standard InChI is InChI=1S/C16H13F3N4O2/c17-16(18,19)25-14-8-4-1-5-11(14)9-20-15(24)22-23-10-21-12-6-2-3-7-13(12)23/h1-8,10H,9H2,(H2,20,22,24). The topological polar surface area (TPSA) is 68.2 Å². The first-order valence-corrected chi connectivity index (χ1v) is 7.23. The SMILES string of the molecule is O=C(NCc1ccccc1OC(F)(F)F)Nn1cnc2ccccc21. The van der Waals surface area contributed by atoms with Gasteiger partial charge in [-0.05, 0) is 18.2 Å². The number of amides is 2. The molecule has 0 atom stereocenters. The highest BCUT2D eigenvalue weighted by Crippen LogP contribution is 2.26. The van der Waals surface area contributed by atoms with Crippen molar-refractivity contribution in [3.63, 3.8) is 0 Å². The second-order valence-electron chi connectivity index (χ2n) is 5.05. The van der Waals surface area contributed by atoms with E-state index < -0.39 is 12.4 Å². The molecule has 0 radical (unpaired) electrons. The normalized spacial score (nSPS) is 11.3. The van der Waals surface area contributed by atoms with Crippen LogP contribution < -0.4 is 15.5 Å². The van der Waals surface area contributed by atoms with Crippen molar-refractivity contribution in [2.75, 3.05) is 5.43 Å². The van der Waals surface area contributed by atoms with Gasteiger partial charge >= 0.3 is 12.4 Å². The van der Waals surface area contributed by atoms with Crippen LogP contribution in [-0.2, 0) is 6.54 Å². The van der Waals surface area contributed by atoms with E-state index in [-0.39, 0.29) is 17.9 Å². The summed E-state index contributed by atoms with van der Waals surface area (Å²) >= 11 is 0. The van der Waals surface area contributed by atoms with Crippen molar-refractivity contribution in [2.24, 2.45) is 0 Å². The van der Waals surface area contributed by atoms with E-state index in [4.69, 9.17) is 0 Å². The number of rotatable bonds is 4. The molecule has 0 aliphatic rings. The Morgan fingerprint density at radius 3 is 2.64 bits per heavy atom. The summed E-state index contributed by atoms with van der Waals surface area (Å²) in [6, 6.07) is 12.2. The van der Waals surface area contributed by atoms with Gasteiger partial charge in [-0.15, -0.1) is 13.2 Å². The molecule has 3 aromatic rings. The predicted octanol–water partition coefficient (Wildman–Crippen LogP) is 3.39. The largest absolute Gasteiger partial charge is 0.573 e. The predicted molar refractivity (Wildman–Crippen MR) is 84.5 cm³/mol. The average molecular weight is 350 g/mol. The summed E-state index contributed by atoms with van der Waals surface area (Å²) in [5.41, 5.74) is 4.14. The third kappa shape index (κ3) is 4.19. The molecule has 2 amide bonds. The molecule has 0 unspecified atom stereocenters. The van der Waals surface area contributed by atoms with E-state index in [9.17, 15) is 18.0 Å². The van der Waals surface area contributed by atoms with E-state index >= 15 is 0 Å². The zero-order valence-corrected chi connectivity index (χ0v) is 12.7. The quantitative estimate of drug-likeness (QED) is 0.758. The van der Waals surface area contributed by atoms with Gasteiger partial charge in [0.1, 0.15) is 12.1 Å². The van der Waals surface area contributed by atoms with Crippen LogP contribution in [0.2, 0.25) is 0 Å². The van der Waals surface area contributed by atoms with Crippen LogP contribution in [0.3, 0.4) is 0 Å². The van der Waals surface area contributed by atoms with Crippen LogP contribution in [0.1, 0.15) is 5.56 Å². The first-order valence-electron chi connectivity index (χ1n) is 7.23. The molecule has 130 valence electrons. The van der Waals surface area contributed by atoms with Gasteiger partial charge in [-0.3, -0.25) is 0 Å². The Bertz CT molecular complexity index is 892. The number of urea groups is 1. The molecule has 0 aliphatic carbocycles. The van der Waals surface area contributed by atoms with Gasteiger partial charge in [0.25, 0.3) is 0 Å². The summed E-state index contributed by atoms with van der Waals surface area (Å²) in [6.45, 7) is -0.134. The molecule has 0 bridgehead atoms. The molecule has 0 spiro atoms. The van der Waals surface area contributed by atoms with E-state index in [2.05, 4.69) is 20.5 Å². The summed E-state index contributed by atoms with van der Waals surface area (Å²) in [7, 11) is 0. The molecule has 1 aromatic heterocycles. The summed E-state index contributed by atoms with van der Waals surface area (Å²) in [5, 5.41) is 2.48. The number of alkyl halides is 3. The van der Waals surface area contributed by atoms with Gasteiger partial charge in [0.2, 0.25) is 0 Å². The number of benzene rings is 2. The molecule has 2 N–H and O–H groups in total. The highest BCUT2D eigenvalue weighted by Gasteiger charge is 2.31. The van der Waals surface area contributed by atoms with Gasteiger partial charge < -0.3 is 10.1 Å². The third-order valence-electron chi connectivity index (χ3n) is 3.31. The molecule has 0 aliphatic heterocycles.